The van der Waals surface area contributed by atoms with Gasteiger partial charge in [-0.25, -0.2) is 4.79 Å². The number of nitrogens with zero attached hydrogens (tertiary/aromatic N) is 1. The molecule has 0 saturated heterocycles. The van der Waals surface area contributed by atoms with Crippen molar-refractivity contribution in [2.75, 3.05) is 11.8 Å². The van der Waals surface area contributed by atoms with Crippen molar-refractivity contribution in [3.8, 4) is 11.5 Å². The largest absolute Gasteiger partial charge is 0.516 e. The number of ether oxygens (including phenoxy) is 2. The average Bonchev–Trinajstić information content (AvgIpc) is 2.61. The van der Waals surface area contributed by atoms with Crippen LogP contribution in [0.2, 0.25) is 0 Å². The van der Waals surface area contributed by atoms with E-state index in [0.717, 1.165) is 43.5 Å². The van der Waals surface area contributed by atoms with Crippen LogP contribution in [0.3, 0.4) is 0 Å². The molecule has 0 atom stereocenters. The number of rotatable bonds is 6. The van der Waals surface area contributed by atoms with E-state index in [1.807, 2.05) is 0 Å². The van der Waals surface area contributed by atoms with Gasteiger partial charge in [-0.05, 0) is 30.3 Å². The molecule has 9 nitrogen and oxygen atoms in total. The van der Waals surface area contributed by atoms with Crippen molar-refractivity contribution in [2.45, 2.75) is 5.51 Å². The van der Waals surface area contributed by atoms with Crippen LogP contribution in [0.5, 0.6) is 11.5 Å². The molecule has 0 aromatic heterocycles. The molecule has 28 heavy (non-hydrogen) atoms. The topological polar surface area (TPSA) is 125 Å². The predicted octanol–water partition coefficient (Wildman–Crippen LogP) is 3.44. The Bertz CT molecular complexity index is 1010. The van der Waals surface area contributed by atoms with Crippen molar-refractivity contribution in [1.29, 1.82) is 0 Å². The van der Waals surface area contributed by atoms with E-state index in [2.05, 4.69) is 4.74 Å². The summed E-state index contributed by atoms with van der Waals surface area (Å²) in [5.41, 5.74) is -6.69. The number of methoxy groups -OCH3 is 1. The van der Waals surface area contributed by atoms with E-state index in [0.29, 0.717) is 0 Å². The van der Waals surface area contributed by atoms with Crippen LogP contribution in [-0.2, 0) is 14.8 Å². The summed E-state index contributed by atoms with van der Waals surface area (Å²) < 4.78 is 70.3. The lowest BCUT2D eigenvalue weighted by atomic mass is 10.1. The molecule has 150 valence electrons. The average molecular weight is 420 g/mol. The van der Waals surface area contributed by atoms with Gasteiger partial charge in [0.2, 0.25) is 0 Å². The lowest BCUT2D eigenvalue weighted by Crippen LogP contribution is -2.29. The van der Waals surface area contributed by atoms with Crippen LogP contribution < -0.4 is 9.46 Å². The first kappa shape index (κ1) is 21.0. The van der Waals surface area contributed by atoms with E-state index in [4.69, 9.17) is 4.74 Å². The maximum Gasteiger partial charge on any atom is 0.516 e. The Morgan fingerprint density at radius 2 is 1.68 bits per heavy atom. The fourth-order valence-corrected chi connectivity index (χ4v) is 2.51. The van der Waals surface area contributed by atoms with E-state index < -0.39 is 32.1 Å². The van der Waals surface area contributed by atoms with E-state index in [1.54, 1.807) is 0 Å². The van der Waals surface area contributed by atoms with Crippen molar-refractivity contribution >= 4 is 27.4 Å². The molecule has 0 heterocycles. The van der Waals surface area contributed by atoms with Crippen LogP contribution in [0, 0.1) is 10.1 Å². The van der Waals surface area contributed by atoms with Gasteiger partial charge in [-0.2, -0.15) is 21.6 Å². The number of carbonyl (C=O) groups is 1. The number of alkyl halides is 3. The van der Waals surface area contributed by atoms with E-state index in [1.165, 1.54) is 10.8 Å². The van der Waals surface area contributed by atoms with Crippen molar-refractivity contribution < 1.29 is 40.8 Å². The molecule has 0 saturated carbocycles. The molecule has 13 heteroatoms. The van der Waals surface area contributed by atoms with Gasteiger partial charge in [-0.1, -0.05) is 0 Å². The van der Waals surface area contributed by atoms with Gasteiger partial charge < -0.3 is 9.47 Å². The predicted molar refractivity (Wildman–Crippen MR) is 89.5 cm³/mol. The van der Waals surface area contributed by atoms with Crippen molar-refractivity contribution in [2.24, 2.45) is 0 Å². The molecule has 0 amide bonds. The maximum absolute atomic E-state index is 12.3. The molecule has 2 rings (SSSR count). The zero-order valence-corrected chi connectivity index (χ0v) is 14.7. The second-order valence-corrected chi connectivity index (χ2v) is 6.78. The highest BCUT2D eigenvalue weighted by Gasteiger charge is 2.46. The van der Waals surface area contributed by atoms with Crippen LogP contribution in [0.4, 0.5) is 24.5 Å². The minimum absolute atomic E-state index is 0.00891. The quantitative estimate of drug-likeness (QED) is 0.431. The molecule has 2 aromatic carbocycles. The van der Waals surface area contributed by atoms with Gasteiger partial charge in [0.15, 0.2) is 0 Å². The zero-order chi connectivity index (χ0) is 21.1. The van der Waals surface area contributed by atoms with E-state index in [-0.39, 0.29) is 22.7 Å². The highest BCUT2D eigenvalue weighted by molar-refractivity contribution is 7.93. The smallest absolute Gasteiger partial charge is 0.465 e. The summed E-state index contributed by atoms with van der Waals surface area (Å²) in [6.45, 7) is 0. The Labute approximate surface area is 155 Å². The Hall–Kier alpha value is -3.35. The summed E-state index contributed by atoms with van der Waals surface area (Å²) >= 11 is 0. The zero-order valence-electron chi connectivity index (χ0n) is 13.9. The second kappa shape index (κ2) is 7.72. The van der Waals surface area contributed by atoms with Crippen molar-refractivity contribution in [3.05, 3.63) is 58.1 Å². The third kappa shape index (κ3) is 4.68. The van der Waals surface area contributed by atoms with Gasteiger partial charge in [0.05, 0.1) is 12.0 Å². The standard InChI is InChI=1S/C15H11F3N2O7S/c1-26-14(21)12-8-11(6-7-13(12)20(22)23)27-10-4-2-9(3-5-10)19-28(24,25)15(16,17)18/h2-8,19H,1H3. The molecule has 0 bridgehead atoms. The van der Waals surface area contributed by atoms with Crippen LogP contribution in [0.15, 0.2) is 42.5 Å². The summed E-state index contributed by atoms with van der Waals surface area (Å²) in [7, 11) is -4.52. The molecule has 0 unspecified atom stereocenters. The molecular weight excluding hydrogens is 409 g/mol. The normalized spacial score (nSPS) is 11.6. The van der Waals surface area contributed by atoms with Gasteiger partial charge in [-0.15, -0.1) is 0 Å². The lowest BCUT2D eigenvalue weighted by Gasteiger charge is -2.11. The summed E-state index contributed by atoms with van der Waals surface area (Å²) in [6, 6.07) is 7.64. The number of benzene rings is 2. The minimum atomic E-state index is -5.56. The Balaban J connectivity index is 2.23. The number of anilines is 1. The first-order valence-electron chi connectivity index (χ1n) is 7.18. The number of esters is 1. The van der Waals surface area contributed by atoms with Gasteiger partial charge in [0.25, 0.3) is 5.69 Å². The van der Waals surface area contributed by atoms with Crippen LogP contribution in [0.1, 0.15) is 10.4 Å². The molecule has 0 fully saturated rings. The molecule has 0 spiro atoms. The van der Waals surface area contributed by atoms with Crippen molar-refractivity contribution in [1.82, 2.24) is 0 Å². The second-order valence-electron chi connectivity index (χ2n) is 5.11. The van der Waals surface area contributed by atoms with Crippen molar-refractivity contribution in [3.63, 3.8) is 0 Å². The number of hydrogen-bond donors (Lipinski definition) is 1. The van der Waals surface area contributed by atoms with E-state index in [9.17, 15) is 36.5 Å². The highest BCUT2D eigenvalue weighted by Crippen LogP contribution is 2.30. The third-order valence-electron chi connectivity index (χ3n) is 3.22. The fourth-order valence-electron chi connectivity index (χ4n) is 1.95. The first-order valence-corrected chi connectivity index (χ1v) is 8.66. The molecule has 0 radical (unpaired) electrons. The highest BCUT2D eigenvalue weighted by atomic mass is 32.2. The Kier molecular flexibility index (Phi) is 5.78. The molecule has 0 aliphatic heterocycles. The number of sulfonamides is 1. The minimum Gasteiger partial charge on any atom is -0.465 e. The number of halogens is 3. The van der Waals surface area contributed by atoms with Gasteiger partial charge in [0.1, 0.15) is 17.1 Å². The monoisotopic (exact) mass is 420 g/mol. The summed E-state index contributed by atoms with van der Waals surface area (Å²) in [5.74, 6) is -0.886. The molecule has 2 aromatic rings. The van der Waals surface area contributed by atoms with Crippen LogP contribution >= 0.6 is 0 Å². The third-order valence-corrected chi connectivity index (χ3v) is 4.33. The van der Waals surface area contributed by atoms with E-state index >= 15 is 0 Å². The molecular formula is C15H11F3N2O7S. The number of nitro groups is 1. The van der Waals surface area contributed by atoms with Gasteiger partial charge in [0, 0.05) is 17.8 Å². The van der Waals surface area contributed by atoms with Crippen LogP contribution in [-0.4, -0.2) is 31.9 Å². The SMILES string of the molecule is COC(=O)c1cc(Oc2ccc(NS(=O)(=O)C(F)(F)F)cc2)ccc1[N+](=O)[O-]. The number of hydrogen-bond acceptors (Lipinski definition) is 7. The van der Waals surface area contributed by atoms with Gasteiger partial charge in [-0.3, -0.25) is 14.8 Å². The molecule has 1 N–H and O–H groups in total. The van der Waals surface area contributed by atoms with Crippen LogP contribution in [0.25, 0.3) is 0 Å². The Morgan fingerprint density at radius 3 is 2.18 bits per heavy atom. The molecule has 0 aliphatic rings. The number of carbonyl (C=O) groups excluding carboxylic acids is 1. The number of nitrogens with one attached hydrogen (secondary N) is 1. The maximum atomic E-state index is 12.3. The first-order chi connectivity index (χ1) is 12.9. The van der Waals surface area contributed by atoms with Gasteiger partial charge >= 0.3 is 21.5 Å². The Morgan fingerprint density at radius 1 is 1.11 bits per heavy atom. The number of nitro benzene ring substituents is 1. The molecule has 0 aliphatic carbocycles. The summed E-state index contributed by atoms with van der Waals surface area (Å²) in [6.07, 6.45) is 0. The summed E-state index contributed by atoms with van der Waals surface area (Å²) in [5, 5.41) is 11.0. The lowest BCUT2D eigenvalue weighted by molar-refractivity contribution is -0.385. The fraction of sp³-hybridized carbons (Fsp3) is 0.133. The summed E-state index contributed by atoms with van der Waals surface area (Å²) in [4.78, 5) is 21.8.